The van der Waals surface area contributed by atoms with Crippen molar-refractivity contribution in [3.05, 3.63) is 17.1 Å². The Hall–Kier alpha value is -1.47. The lowest BCUT2D eigenvalue weighted by Gasteiger charge is -2.37. The molecular weight excluding hydrogens is 264 g/mol. The van der Waals surface area contributed by atoms with Crippen molar-refractivity contribution in [2.45, 2.75) is 24.8 Å². The molecule has 0 radical (unpaired) electrons. The first-order valence-electron chi connectivity index (χ1n) is 6.43. The van der Waals surface area contributed by atoms with Crippen molar-refractivity contribution < 1.29 is 9.59 Å². The van der Waals surface area contributed by atoms with Crippen LogP contribution in [-0.4, -0.2) is 46.4 Å². The number of nitrogens with zero attached hydrogens (tertiary/aromatic N) is 2. The summed E-state index contributed by atoms with van der Waals surface area (Å²) >= 11 is 1.51. The molecule has 2 aliphatic heterocycles. The molecule has 1 atom stereocenters. The third-order valence-corrected chi connectivity index (χ3v) is 4.55. The highest BCUT2D eigenvalue weighted by Crippen LogP contribution is 2.24. The van der Waals surface area contributed by atoms with Gasteiger partial charge in [-0.25, -0.2) is 9.17 Å². The second-order valence-corrected chi connectivity index (χ2v) is 6.02. The summed E-state index contributed by atoms with van der Waals surface area (Å²) in [6, 6.07) is 1.66. The van der Waals surface area contributed by atoms with Crippen molar-refractivity contribution in [2.24, 2.45) is 0 Å². The number of aromatic nitrogens is 1. The number of rotatable bonds is 3. The molecule has 3 rings (SSSR count). The van der Waals surface area contributed by atoms with Gasteiger partial charge in [0.05, 0.1) is 0 Å². The second kappa shape index (κ2) is 4.90. The number of imide groups is 1. The molecule has 0 saturated carbocycles. The van der Waals surface area contributed by atoms with Gasteiger partial charge in [0.15, 0.2) is 0 Å². The number of amides is 3. The van der Waals surface area contributed by atoms with Crippen molar-refractivity contribution in [3.63, 3.8) is 0 Å². The van der Waals surface area contributed by atoms with Crippen molar-refractivity contribution in [1.29, 1.82) is 0 Å². The maximum atomic E-state index is 11.9. The summed E-state index contributed by atoms with van der Waals surface area (Å²) in [6.07, 6.45) is 4.40. The fourth-order valence-corrected chi connectivity index (χ4v) is 3.35. The monoisotopic (exact) mass is 280 g/mol. The molecule has 3 amide bonds. The van der Waals surface area contributed by atoms with Crippen LogP contribution in [-0.2, 0) is 11.2 Å². The van der Waals surface area contributed by atoms with Gasteiger partial charge in [0, 0.05) is 24.2 Å². The fraction of sp³-hybridized carbons (Fsp3) is 0.583. The summed E-state index contributed by atoms with van der Waals surface area (Å²) in [5, 5.41) is 5.14. The number of piperidine rings is 1. The number of carbonyl (C=O) groups excluding carboxylic acids is 2. The second-order valence-electron chi connectivity index (χ2n) is 5.10. The van der Waals surface area contributed by atoms with E-state index in [-0.39, 0.29) is 11.9 Å². The van der Waals surface area contributed by atoms with E-state index in [1.165, 1.54) is 16.4 Å². The predicted molar refractivity (Wildman–Crippen MR) is 70.9 cm³/mol. The zero-order chi connectivity index (χ0) is 13.3. The highest BCUT2D eigenvalue weighted by Gasteiger charge is 2.48. The van der Waals surface area contributed by atoms with E-state index < -0.39 is 5.54 Å². The first kappa shape index (κ1) is 12.6. The van der Waals surface area contributed by atoms with Crippen LogP contribution in [0.5, 0.6) is 0 Å². The fourth-order valence-electron chi connectivity index (χ4n) is 2.79. The van der Waals surface area contributed by atoms with Crippen LogP contribution in [0.3, 0.4) is 0 Å². The quantitative estimate of drug-likeness (QED) is 0.784. The topological polar surface area (TPSA) is 74.3 Å². The van der Waals surface area contributed by atoms with Gasteiger partial charge in [-0.3, -0.25) is 10.1 Å². The van der Waals surface area contributed by atoms with E-state index >= 15 is 0 Å². The van der Waals surface area contributed by atoms with Crippen molar-refractivity contribution in [2.75, 3.05) is 19.6 Å². The number of hydrogen-bond acceptors (Lipinski definition) is 5. The number of hydrogen-bond donors (Lipinski definition) is 2. The van der Waals surface area contributed by atoms with Crippen molar-refractivity contribution in [1.82, 2.24) is 19.9 Å². The van der Waals surface area contributed by atoms with E-state index in [2.05, 4.69) is 19.9 Å². The molecule has 7 heteroatoms. The lowest BCUT2D eigenvalue weighted by Crippen LogP contribution is -2.58. The van der Waals surface area contributed by atoms with Crippen LogP contribution in [0.15, 0.2) is 12.3 Å². The average Bonchev–Trinajstić information content (AvgIpc) is 2.97. The van der Waals surface area contributed by atoms with Crippen LogP contribution in [0.1, 0.15) is 17.7 Å². The summed E-state index contributed by atoms with van der Waals surface area (Å²) < 4.78 is 4.08. The maximum Gasteiger partial charge on any atom is 0.322 e. The molecular formula is C12H16N4O2S. The number of carbonyl (C=O) groups is 2. The molecule has 1 aromatic rings. The van der Waals surface area contributed by atoms with Gasteiger partial charge in [-0.05, 0) is 43.4 Å². The summed E-state index contributed by atoms with van der Waals surface area (Å²) in [7, 11) is 0. The Kier molecular flexibility index (Phi) is 3.24. The van der Waals surface area contributed by atoms with E-state index in [0.717, 1.165) is 32.4 Å². The Morgan fingerprint density at radius 1 is 1.47 bits per heavy atom. The minimum atomic E-state index is -0.705. The van der Waals surface area contributed by atoms with Crippen LogP contribution in [0.25, 0.3) is 0 Å². The summed E-state index contributed by atoms with van der Waals surface area (Å²) in [4.78, 5) is 26.7. The first-order chi connectivity index (χ1) is 9.18. The van der Waals surface area contributed by atoms with Crippen LogP contribution < -0.4 is 10.6 Å². The predicted octanol–water partition coefficient (Wildman–Crippen LogP) is 0.360. The molecule has 2 fully saturated rings. The minimum absolute atomic E-state index is 0.181. The highest BCUT2D eigenvalue weighted by atomic mass is 32.1. The first-order valence-corrected chi connectivity index (χ1v) is 7.21. The SMILES string of the molecule is O=C1NC(=O)C2(CCCN(CCc3ccns3)C2)N1. The van der Waals surface area contributed by atoms with E-state index in [1.54, 1.807) is 0 Å². The smallest absolute Gasteiger partial charge is 0.322 e. The Morgan fingerprint density at radius 2 is 2.37 bits per heavy atom. The van der Waals surface area contributed by atoms with Gasteiger partial charge < -0.3 is 10.2 Å². The van der Waals surface area contributed by atoms with Gasteiger partial charge in [0.1, 0.15) is 5.54 Å². The largest absolute Gasteiger partial charge is 0.322 e. The van der Waals surface area contributed by atoms with Gasteiger partial charge >= 0.3 is 6.03 Å². The van der Waals surface area contributed by atoms with Crippen LogP contribution in [0, 0.1) is 0 Å². The van der Waals surface area contributed by atoms with Crippen LogP contribution >= 0.6 is 11.5 Å². The molecule has 1 aromatic heterocycles. The Bertz CT molecular complexity index is 490. The molecule has 1 spiro atoms. The lowest BCUT2D eigenvalue weighted by molar-refractivity contribution is -0.125. The van der Waals surface area contributed by atoms with E-state index in [4.69, 9.17) is 0 Å². The van der Waals surface area contributed by atoms with Gasteiger partial charge in [-0.1, -0.05) is 0 Å². The molecule has 2 aliphatic rings. The van der Waals surface area contributed by atoms with Crippen LogP contribution in [0.2, 0.25) is 0 Å². The van der Waals surface area contributed by atoms with Gasteiger partial charge in [0.25, 0.3) is 5.91 Å². The minimum Gasteiger partial charge on any atom is -0.322 e. The van der Waals surface area contributed by atoms with Crippen molar-refractivity contribution >= 4 is 23.5 Å². The highest BCUT2D eigenvalue weighted by molar-refractivity contribution is 7.05. The third-order valence-electron chi connectivity index (χ3n) is 3.75. The Balaban J connectivity index is 1.62. The number of likely N-dealkylation sites (tertiary alicyclic amines) is 1. The van der Waals surface area contributed by atoms with E-state index in [0.29, 0.717) is 6.54 Å². The third kappa shape index (κ3) is 2.48. The van der Waals surface area contributed by atoms with Gasteiger partial charge in [-0.2, -0.15) is 0 Å². The molecule has 6 nitrogen and oxygen atoms in total. The lowest BCUT2D eigenvalue weighted by atomic mass is 9.89. The van der Waals surface area contributed by atoms with E-state index in [9.17, 15) is 9.59 Å². The summed E-state index contributed by atoms with van der Waals surface area (Å²) in [5.74, 6) is -0.181. The zero-order valence-corrected chi connectivity index (χ0v) is 11.3. The number of nitrogens with one attached hydrogen (secondary N) is 2. The normalized spacial score (nSPS) is 27.6. The van der Waals surface area contributed by atoms with E-state index in [1.807, 2.05) is 12.3 Å². The molecule has 3 heterocycles. The number of urea groups is 1. The molecule has 0 aliphatic carbocycles. The standard InChI is InChI=1S/C12H16N4O2S/c17-10-12(15-11(18)14-10)4-1-6-16(8-12)7-3-9-2-5-13-19-9/h2,5H,1,3-4,6-8H2,(H2,14,15,17,18). The zero-order valence-electron chi connectivity index (χ0n) is 10.5. The van der Waals surface area contributed by atoms with Crippen LogP contribution in [0.4, 0.5) is 4.79 Å². The molecule has 1 unspecified atom stereocenters. The van der Waals surface area contributed by atoms with Crippen molar-refractivity contribution in [3.8, 4) is 0 Å². The summed E-state index contributed by atoms with van der Waals surface area (Å²) in [6.45, 7) is 2.47. The van der Waals surface area contributed by atoms with Gasteiger partial charge in [0.2, 0.25) is 0 Å². The molecule has 19 heavy (non-hydrogen) atoms. The van der Waals surface area contributed by atoms with Gasteiger partial charge in [-0.15, -0.1) is 0 Å². The Morgan fingerprint density at radius 3 is 3.05 bits per heavy atom. The average molecular weight is 280 g/mol. The molecule has 2 saturated heterocycles. The Labute approximate surface area is 115 Å². The molecule has 0 aromatic carbocycles. The molecule has 102 valence electrons. The summed E-state index contributed by atoms with van der Waals surface area (Å²) in [5.41, 5.74) is -0.705. The maximum absolute atomic E-state index is 11.9. The molecule has 2 N–H and O–H groups in total. The molecule has 0 bridgehead atoms.